The zero-order valence-electron chi connectivity index (χ0n) is 10.00. The Balaban J connectivity index is 1.73. The van der Waals surface area contributed by atoms with Crippen LogP contribution in [0.5, 0.6) is 0 Å². The van der Waals surface area contributed by atoms with Crippen LogP contribution in [0.15, 0.2) is 43.0 Å². The molecule has 94 valence electrons. The molecule has 1 amide bonds. The first-order chi connectivity index (χ1) is 9.33. The molecule has 0 bridgehead atoms. The second-order valence-electron chi connectivity index (χ2n) is 4.06. The average Bonchev–Trinajstić information content (AvgIpc) is 2.93. The van der Waals surface area contributed by atoms with E-state index in [1.807, 2.05) is 6.07 Å². The van der Waals surface area contributed by atoms with Crippen LogP contribution in [0.3, 0.4) is 0 Å². The van der Waals surface area contributed by atoms with Gasteiger partial charge >= 0.3 is 0 Å². The van der Waals surface area contributed by atoms with E-state index in [0.717, 1.165) is 16.6 Å². The fourth-order valence-electron chi connectivity index (χ4n) is 1.77. The predicted molar refractivity (Wildman–Crippen MR) is 69.3 cm³/mol. The number of fused-ring (bicyclic) bond motifs is 1. The number of aromatic amines is 1. The predicted octanol–water partition coefficient (Wildman–Crippen LogP) is 1.28. The molecule has 2 heterocycles. The highest BCUT2D eigenvalue weighted by Gasteiger charge is 2.07. The lowest BCUT2D eigenvalue weighted by atomic mass is 10.1. The molecule has 3 rings (SSSR count). The van der Waals surface area contributed by atoms with E-state index in [9.17, 15) is 4.79 Å². The maximum atomic E-state index is 12.0. The molecule has 0 saturated carbocycles. The SMILES string of the molecule is O=C(NCc1ccncn1)c1ccc2cn[nH]c2c1. The van der Waals surface area contributed by atoms with E-state index in [0.29, 0.717) is 12.1 Å². The lowest BCUT2D eigenvalue weighted by Crippen LogP contribution is -2.23. The number of aromatic nitrogens is 4. The normalized spacial score (nSPS) is 10.5. The summed E-state index contributed by atoms with van der Waals surface area (Å²) in [5, 5.41) is 10.5. The Kier molecular flexibility index (Phi) is 2.89. The summed E-state index contributed by atoms with van der Waals surface area (Å²) in [6, 6.07) is 7.17. The number of H-pyrrole nitrogens is 1. The molecule has 2 N–H and O–H groups in total. The van der Waals surface area contributed by atoms with E-state index in [2.05, 4.69) is 25.5 Å². The van der Waals surface area contributed by atoms with E-state index in [1.165, 1.54) is 6.33 Å². The van der Waals surface area contributed by atoms with Crippen LogP contribution in [-0.4, -0.2) is 26.1 Å². The van der Waals surface area contributed by atoms with Crippen molar-refractivity contribution in [3.05, 3.63) is 54.2 Å². The van der Waals surface area contributed by atoms with Gasteiger partial charge in [0.25, 0.3) is 5.91 Å². The second-order valence-corrected chi connectivity index (χ2v) is 4.06. The number of benzene rings is 1. The van der Waals surface area contributed by atoms with Crippen molar-refractivity contribution in [3.63, 3.8) is 0 Å². The van der Waals surface area contributed by atoms with Crippen molar-refractivity contribution in [2.75, 3.05) is 0 Å². The Labute approximate surface area is 108 Å². The van der Waals surface area contributed by atoms with Crippen molar-refractivity contribution in [3.8, 4) is 0 Å². The Morgan fingerprint density at radius 3 is 3.11 bits per heavy atom. The van der Waals surface area contributed by atoms with Crippen LogP contribution in [0.2, 0.25) is 0 Å². The first-order valence-corrected chi connectivity index (χ1v) is 5.79. The van der Waals surface area contributed by atoms with Gasteiger partial charge in [-0.25, -0.2) is 9.97 Å². The fourth-order valence-corrected chi connectivity index (χ4v) is 1.77. The van der Waals surface area contributed by atoms with Crippen LogP contribution in [0.1, 0.15) is 16.1 Å². The molecule has 2 aromatic heterocycles. The third kappa shape index (κ3) is 2.42. The third-order valence-electron chi connectivity index (χ3n) is 2.78. The maximum absolute atomic E-state index is 12.0. The number of hydrogen-bond donors (Lipinski definition) is 2. The molecule has 0 aliphatic rings. The number of carbonyl (C=O) groups excluding carboxylic acids is 1. The summed E-state index contributed by atoms with van der Waals surface area (Å²) < 4.78 is 0. The highest BCUT2D eigenvalue weighted by Crippen LogP contribution is 2.12. The van der Waals surface area contributed by atoms with E-state index < -0.39 is 0 Å². The van der Waals surface area contributed by atoms with Gasteiger partial charge in [-0.3, -0.25) is 9.89 Å². The first-order valence-electron chi connectivity index (χ1n) is 5.79. The topological polar surface area (TPSA) is 83.6 Å². The van der Waals surface area contributed by atoms with E-state index in [4.69, 9.17) is 0 Å². The quantitative estimate of drug-likeness (QED) is 0.736. The van der Waals surface area contributed by atoms with Gasteiger partial charge in [0, 0.05) is 17.1 Å². The molecule has 0 spiro atoms. The standard InChI is InChI=1S/C13H11N5O/c19-13(15-7-11-3-4-14-8-16-11)9-1-2-10-6-17-18-12(10)5-9/h1-6,8H,7H2,(H,15,19)(H,17,18). The minimum absolute atomic E-state index is 0.143. The molecule has 0 unspecified atom stereocenters. The van der Waals surface area contributed by atoms with Gasteiger partial charge in [-0.1, -0.05) is 6.07 Å². The molecule has 0 saturated heterocycles. The molecule has 1 aromatic carbocycles. The smallest absolute Gasteiger partial charge is 0.251 e. The van der Waals surface area contributed by atoms with Crippen LogP contribution in [0.25, 0.3) is 10.9 Å². The average molecular weight is 253 g/mol. The lowest BCUT2D eigenvalue weighted by Gasteiger charge is -2.04. The monoisotopic (exact) mass is 253 g/mol. The summed E-state index contributed by atoms with van der Waals surface area (Å²) in [5.41, 5.74) is 2.20. The van der Waals surface area contributed by atoms with Crippen LogP contribution in [0, 0.1) is 0 Å². The Hall–Kier alpha value is -2.76. The third-order valence-corrected chi connectivity index (χ3v) is 2.78. The molecule has 6 heteroatoms. The molecule has 6 nitrogen and oxygen atoms in total. The van der Waals surface area contributed by atoms with Gasteiger partial charge in [0.05, 0.1) is 24.0 Å². The van der Waals surface area contributed by atoms with Crippen LogP contribution in [-0.2, 0) is 6.54 Å². The zero-order valence-corrected chi connectivity index (χ0v) is 10.00. The number of nitrogens with one attached hydrogen (secondary N) is 2. The van der Waals surface area contributed by atoms with Gasteiger partial charge in [-0.05, 0) is 18.2 Å². The summed E-state index contributed by atoms with van der Waals surface area (Å²) in [5.74, 6) is -0.143. The summed E-state index contributed by atoms with van der Waals surface area (Å²) in [7, 11) is 0. The van der Waals surface area contributed by atoms with Gasteiger partial charge in [0.1, 0.15) is 6.33 Å². The molecule has 19 heavy (non-hydrogen) atoms. The summed E-state index contributed by atoms with van der Waals surface area (Å²) in [6.07, 6.45) is 4.82. The Morgan fingerprint density at radius 1 is 1.32 bits per heavy atom. The van der Waals surface area contributed by atoms with Crippen molar-refractivity contribution in [2.45, 2.75) is 6.54 Å². The Bertz CT molecular complexity index is 707. The maximum Gasteiger partial charge on any atom is 0.251 e. The zero-order chi connectivity index (χ0) is 13.1. The number of nitrogens with zero attached hydrogens (tertiary/aromatic N) is 3. The highest BCUT2D eigenvalue weighted by molar-refractivity contribution is 5.97. The summed E-state index contributed by atoms with van der Waals surface area (Å²) >= 11 is 0. The van der Waals surface area contributed by atoms with Crippen molar-refractivity contribution >= 4 is 16.8 Å². The fraction of sp³-hybridized carbons (Fsp3) is 0.0769. The number of rotatable bonds is 3. The largest absolute Gasteiger partial charge is 0.346 e. The van der Waals surface area contributed by atoms with Crippen molar-refractivity contribution < 1.29 is 4.79 Å². The number of amides is 1. The van der Waals surface area contributed by atoms with Crippen LogP contribution >= 0.6 is 0 Å². The van der Waals surface area contributed by atoms with E-state index in [1.54, 1.807) is 30.6 Å². The summed E-state index contributed by atoms with van der Waals surface area (Å²) in [4.78, 5) is 19.9. The highest BCUT2D eigenvalue weighted by atomic mass is 16.1. The molecular weight excluding hydrogens is 242 g/mol. The molecule has 0 aliphatic carbocycles. The minimum atomic E-state index is -0.143. The van der Waals surface area contributed by atoms with Gasteiger partial charge in [-0.2, -0.15) is 5.10 Å². The number of hydrogen-bond acceptors (Lipinski definition) is 4. The van der Waals surface area contributed by atoms with Gasteiger partial charge in [0.15, 0.2) is 0 Å². The van der Waals surface area contributed by atoms with Gasteiger partial charge in [-0.15, -0.1) is 0 Å². The molecule has 0 radical (unpaired) electrons. The van der Waals surface area contributed by atoms with E-state index >= 15 is 0 Å². The van der Waals surface area contributed by atoms with Crippen molar-refractivity contribution in [1.82, 2.24) is 25.5 Å². The van der Waals surface area contributed by atoms with E-state index in [-0.39, 0.29) is 5.91 Å². The summed E-state index contributed by atoms with van der Waals surface area (Å²) in [6.45, 7) is 0.377. The lowest BCUT2D eigenvalue weighted by molar-refractivity contribution is 0.0950. The number of carbonyl (C=O) groups is 1. The molecule has 0 atom stereocenters. The van der Waals surface area contributed by atoms with Gasteiger partial charge in [0.2, 0.25) is 0 Å². The van der Waals surface area contributed by atoms with Crippen LogP contribution in [0.4, 0.5) is 0 Å². The minimum Gasteiger partial charge on any atom is -0.346 e. The molecule has 3 aromatic rings. The molecular formula is C13H11N5O. The van der Waals surface area contributed by atoms with Crippen molar-refractivity contribution in [2.24, 2.45) is 0 Å². The van der Waals surface area contributed by atoms with Crippen molar-refractivity contribution in [1.29, 1.82) is 0 Å². The Morgan fingerprint density at radius 2 is 2.26 bits per heavy atom. The molecule has 0 aliphatic heterocycles. The van der Waals surface area contributed by atoms with Gasteiger partial charge < -0.3 is 5.32 Å². The first kappa shape index (κ1) is 11.3. The van der Waals surface area contributed by atoms with Crippen LogP contribution < -0.4 is 5.32 Å². The molecule has 0 fully saturated rings. The second kappa shape index (κ2) is 4.85.